The van der Waals surface area contributed by atoms with Gasteiger partial charge in [-0.25, -0.2) is 4.98 Å². The van der Waals surface area contributed by atoms with Gasteiger partial charge in [0.25, 0.3) is 0 Å². The minimum absolute atomic E-state index is 0.324. The Kier molecular flexibility index (Phi) is 3.34. The van der Waals surface area contributed by atoms with E-state index in [-0.39, 0.29) is 0 Å². The van der Waals surface area contributed by atoms with Crippen LogP contribution in [-0.2, 0) is 0 Å². The van der Waals surface area contributed by atoms with Gasteiger partial charge in [0.05, 0.1) is 19.0 Å². The summed E-state index contributed by atoms with van der Waals surface area (Å²) in [6, 6.07) is 3.67. The number of H-pyrrole nitrogens is 2. The summed E-state index contributed by atoms with van der Waals surface area (Å²) in [7, 11) is 0. The first-order valence-electron chi connectivity index (χ1n) is 6.04. The lowest BCUT2D eigenvalue weighted by molar-refractivity contribution is -0.393. The number of anilines is 2. The summed E-state index contributed by atoms with van der Waals surface area (Å²) in [5, 5.41) is 3.37. The van der Waals surface area contributed by atoms with E-state index in [0.717, 1.165) is 5.69 Å². The number of halogens is 1. The zero-order valence-electron chi connectivity index (χ0n) is 10.6. The first-order valence-corrected chi connectivity index (χ1v) is 6.42. The molecule has 0 saturated carbocycles. The van der Waals surface area contributed by atoms with E-state index in [1.54, 1.807) is 6.20 Å². The predicted octanol–water partition coefficient (Wildman–Crippen LogP) is 1.96. The van der Waals surface area contributed by atoms with Crippen molar-refractivity contribution in [2.75, 3.05) is 11.9 Å². The largest absolute Gasteiger partial charge is 0.445 e. The Morgan fingerprint density at radius 3 is 3.05 bits per heavy atom. The summed E-state index contributed by atoms with van der Waals surface area (Å²) in [6.45, 7) is 2.53. The van der Waals surface area contributed by atoms with Crippen molar-refractivity contribution < 1.29 is 9.72 Å². The van der Waals surface area contributed by atoms with Crippen LogP contribution in [0.2, 0.25) is 5.15 Å². The number of rotatable bonds is 4. The molecule has 0 aromatic carbocycles. The molecule has 0 radical (unpaired) electrons. The average Bonchev–Trinajstić information content (AvgIpc) is 2.90. The van der Waals surface area contributed by atoms with E-state index in [1.807, 2.05) is 19.1 Å². The second-order valence-electron chi connectivity index (χ2n) is 3.94. The summed E-state index contributed by atoms with van der Waals surface area (Å²) in [5.74, 6) is 1.08. The summed E-state index contributed by atoms with van der Waals surface area (Å²) in [6.07, 6.45) is 3.29. The minimum Gasteiger partial charge on any atom is -0.445 e. The Morgan fingerprint density at radius 2 is 2.30 bits per heavy atom. The Hall–Kier alpha value is -2.41. The first-order chi connectivity index (χ1) is 9.76. The lowest BCUT2D eigenvalue weighted by Crippen LogP contribution is -2.10. The molecule has 8 heteroatoms. The number of nitrogens with zero attached hydrogens (tertiary/aromatic N) is 3. The molecule has 0 atom stereocenters. The molecule has 0 saturated heterocycles. The van der Waals surface area contributed by atoms with Crippen LogP contribution < -0.4 is 15.0 Å². The lowest BCUT2D eigenvalue weighted by Gasteiger charge is -2.03. The SMILES string of the molecule is CCOc1ccc(Nc2nc(Cl)c3[nH]cnc3n2)c[nH+]1. The fraction of sp³-hybridized carbons (Fsp3) is 0.167. The number of hydrogen-bond acceptors (Lipinski definition) is 5. The van der Waals surface area contributed by atoms with Crippen molar-refractivity contribution in [2.24, 2.45) is 0 Å². The molecule has 7 nitrogen and oxygen atoms in total. The highest BCUT2D eigenvalue weighted by Gasteiger charge is 2.09. The van der Waals surface area contributed by atoms with Gasteiger partial charge in [0.1, 0.15) is 11.2 Å². The van der Waals surface area contributed by atoms with Gasteiger partial charge in [-0.1, -0.05) is 11.6 Å². The molecular formula is C12H12ClN6O+. The molecule has 0 spiro atoms. The molecule has 102 valence electrons. The molecule has 0 bridgehead atoms. The van der Waals surface area contributed by atoms with E-state index < -0.39 is 0 Å². The highest BCUT2D eigenvalue weighted by Crippen LogP contribution is 2.20. The van der Waals surface area contributed by atoms with Crippen LogP contribution in [0, 0.1) is 0 Å². The van der Waals surface area contributed by atoms with Crippen LogP contribution in [0.3, 0.4) is 0 Å². The van der Waals surface area contributed by atoms with Gasteiger partial charge in [0.15, 0.2) is 17.0 Å². The molecule has 3 aromatic rings. The molecule has 3 rings (SSSR count). The normalized spacial score (nSPS) is 10.7. The Morgan fingerprint density at radius 1 is 1.40 bits per heavy atom. The number of hydrogen-bond donors (Lipinski definition) is 2. The molecule has 0 aliphatic heterocycles. The smallest absolute Gasteiger partial charge is 0.366 e. The van der Waals surface area contributed by atoms with Gasteiger partial charge in [0.2, 0.25) is 5.95 Å². The van der Waals surface area contributed by atoms with Crippen LogP contribution in [0.5, 0.6) is 5.88 Å². The van der Waals surface area contributed by atoms with E-state index in [2.05, 4.69) is 30.2 Å². The first kappa shape index (κ1) is 12.6. The fourth-order valence-electron chi connectivity index (χ4n) is 1.72. The van der Waals surface area contributed by atoms with Crippen LogP contribution in [-0.4, -0.2) is 26.5 Å². The van der Waals surface area contributed by atoms with Gasteiger partial charge in [0, 0.05) is 0 Å². The highest BCUT2D eigenvalue weighted by molar-refractivity contribution is 6.33. The molecular weight excluding hydrogens is 280 g/mol. The highest BCUT2D eigenvalue weighted by atomic mass is 35.5. The molecule has 3 aromatic heterocycles. The standard InChI is InChI=1S/C12H11ClN6O/c1-2-20-8-4-3-7(5-14-8)17-12-18-10(13)9-11(19-12)16-6-15-9/h3-6H,2H2,1H3,(H2,15,16,17,18,19)/p+1. The van der Waals surface area contributed by atoms with Crippen LogP contribution in [0.15, 0.2) is 24.7 Å². The number of aromatic nitrogens is 5. The van der Waals surface area contributed by atoms with Crippen LogP contribution in [0.1, 0.15) is 6.92 Å². The summed E-state index contributed by atoms with van der Waals surface area (Å²) in [5.41, 5.74) is 1.93. The molecule has 0 aliphatic carbocycles. The second-order valence-corrected chi connectivity index (χ2v) is 4.30. The third-order valence-corrected chi connectivity index (χ3v) is 2.86. The third kappa shape index (κ3) is 2.48. The van der Waals surface area contributed by atoms with E-state index in [4.69, 9.17) is 16.3 Å². The Balaban J connectivity index is 1.84. The van der Waals surface area contributed by atoms with Crippen molar-refractivity contribution in [3.8, 4) is 5.88 Å². The van der Waals surface area contributed by atoms with Gasteiger partial charge < -0.3 is 15.0 Å². The number of nitrogens with one attached hydrogen (secondary N) is 3. The minimum atomic E-state index is 0.324. The summed E-state index contributed by atoms with van der Waals surface area (Å²) in [4.78, 5) is 18.4. The molecule has 0 fully saturated rings. The monoisotopic (exact) mass is 291 g/mol. The second kappa shape index (κ2) is 5.30. The van der Waals surface area contributed by atoms with Gasteiger partial charge in [-0.3, -0.25) is 0 Å². The van der Waals surface area contributed by atoms with Gasteiger partial charge in [-0.15, -0.1) is 0 Å². The van der Waals surface area contributed by atoms with Crippen LogP contribution in [0.25, 0.3) is 11.2 Å². The van der Waals surface area contributed by atoms with Gasteiger partial charge >= 0.3 is 5.88 Å². The summed E-state index contributed by atoms with van der Waals surface area (Å²) >= 11 is 6.05. The average molecular weight is 292 g/mol. The van der Waals surface area contributed by atoms with Gasteiger partial charge in [-0.2, -0.15) is 15.0 Å². The maximum absolute atomic E-state index is 6.05. The number of imidazole rings is 1. The number of pyridine rings is 1. The maximum atomic E-state index is 6.05. The van der Waals surface area contributed by atoms with Crippen molar-refractivity contribution in [2.45, 2.75) is 6.92 Å². The van der Waals surface area contributed by atoms with Crippen molar-refractivity contribution >= 4 is 34.4 Å². The molecule has 0 amide bonds. The van der Waals surface area contributed by atoms with Crippen LogP contribution in [0.4, 0.5) is 11.6 Å². The zero-order chi connectivity index (χ0) is 13.9. The van der Waals surface area contributed by atoms with E-state index in [9.17, 15) is 0 Å². The van der Waals surface area contributed by atoms with E-state index in [0.29, 0.717) is 34.8 Å². The molecule has 3 N–H and O–H groups in total. The van der Waals surface area contributed by atoms with Crippen molar-refractivity contribution in [3.05, 3.63) is 29.8 Å². The third-order valence-electron chi connectivity index (χ3n) is 2.58. The fourth-order valence-corrected chi connectivity index (χ4v) is 1.94. The van der Waals surface area contributed by atoms with Gasteiger partial charge in [-0.05, 0) is 13.0 Å². The molecule has 20 heavy (non-hydrogen) atoms. The van der Waals surface area contributed by atoms with Crippen molar-refractivity contribution in [3.63, 3.8) is 0 Å². The molecule has 0 unspecified atom stereocenters. The predicted molar refractivity (Wildman–Crippen MR) is 74.1 cm³/mol. The maximum Gasteiger partial charge on any atom is 0.366 e. The Labute approximate surface area is 119 Å². The number of ether oxygens (including phenoxy) is 1. The number of fused-ring (bicyclic) bond motifs is 1. The quantitative estimate of drug-likeness (QED) is 0.717. The van der Waals surface area contributed by atoms with Crippen LogP contribution >= 0.6 is 11.6 Å². The van der Waals surface area contributed by atoms with E-state index >= 15 is 0 Å². The van der Waals surface area contributed by atoms with E-state index in [1.165, 1.54) is 6.33 Å². The number of aromatic amines is 2. The lowest BCUT2D eigenvalue weighted by atomic mass is 10.4. The zero-order valence-corrected chi connectivity index (χ0v) is 11.4. The summed E-state index contributed by atoms with van der Waals surface area (Å²) < 4.78 is 5.33. The van der Waals surface area contributed by atoms with Crippen molar-refractivity contribution in [1.29, 1.82) is 0 Å². The molecule has 0 aliphatic rings. The topological polar surface area (TPSA) is 89.9 Å². The Bertz CT molecular complexity index is 726. The van der Waals surface area contributed by atoms with Crippen molar-refractivity contribution in [1.82, 2.24) is 19.9 Å². The molecule has 3 heterocycles.